The minimum atomic E-state index is -0.389. The lowest BCUT2D eigenvalue weighted by Crippen LogP contribution is -2.11. The highest BCUT2D eigenvalue weighted by molar-refractivity contribution is 6.32. The highest BCUT2D eigenvalue weighted by Gasteiger charge is 2.22. The van der Waals surface area contributed by atoms with Gasteiger partial charge in [-0.3, -0.25) is 9.59 Å². The third-order valence-corrected chi connectivity index (χ3v) is 5.03. The van der Waals surface area contributed by atoms with Crippen LogP contribution in [0.25, 0.3) is 17.0 Å². The van der Waals surface area contributed by atoms with Gasteiger partial charge in [0.15, 0.2) is 5.76 Å². The molecule has 0 saturated heterocycles. The molecule has 0 aliphatic heterocycles. The second-order valence-corrected chi connectivity index (χ2v) is 7.25. The summed E-state index contributed by atoms with van der Waals surface area (Å²) in [4.78, 5) is 25.7. The summed E-state index contributed by atoms with van der Waals surface area (Å²) in [6, 6.07) is 21.6. The number of aryl methyl sites for hydroxylation is 1. The van der Waals surface area contributed by atoms with Gasteiger partial charge in [-0.15, -0.1) is 0 Å². The predicted molar refractivity (Wildman–Crippen MR) is 120 cm³/mol. The summed E-state index contributed by atoms with van der Waals surface area (Å²) in [5, 5.41) is 4.01. The number of hydrogen-bond acceptors (Lipinski definition) is 3. The van der Waals surface area contributed by atoms with Crippen molar-refractivity contribution in [1.29, 1.82) is 0 Å². The van der Waals surface area contributed by atoms with Gasteiger partial charge >= 0.3 is 0 Å². The lowest BCUT2D eigenvalue weighted by Gasteiger charge is -2.04. The van der Waals surface area contributed by atoms with Gasteiger partial charge in [0.1, 0.15) is 5.58 Å². The van der Waals surface area contributed by atoms with Crippen LogP contribution < -0.4 is 5.32 Å². The molecule has 0 fully saturated rings. The number of rotatable bonds is 5. The van der Waals surface area contributed by atoms with Crippen molar-refractivity contribution < 1.29 is 14.0 Å². The Kier molecular flexibility index (Phi) is 5.50. The van der Waals surface area contributed by atoms with Crippen LogP contribution in [0.1, 0.15) is 27.2 Å². The van der Waals surface area contributed by atoms with Gasteiger partial charge in [-0.1, -0.05) is 71.8 Å². The number of hydrogen-bond donors (Lipinski definition) is 1. The fraction of sp³-hybridized carbons (Fsp3) is 0.0400. The molecule has 1 aromatic heterocycles. The minimum absolute atomic E-state index is 0.0968. The van der Waals surface area contributed by atoms with Crippen molar-refractivity contribution in [3.63, 3.8) is 0 Å². The largest absolute Gasteiger partial charge is 0.450 e. The topological polar surface area (TPSA) is 59.3 Å². The molecule has 148 valence electrons. The first-order valence-electron chi connectivity index (χ1n) is 9.39. The Morgan fingerprint density at radius 2 is 1.63 bits per heavy atom. The van der Waals surface area contributed by atoms with Crippen LogP contribution in [-0.2, 0) is 4.79 Å². The van der Waals surface area contributed by atoms with E-state index >= 15 is 0 Å². The van der Waals surface area contributed by atoms with E-state index in [4.69, 9.17) is 16.0 Å². The van der Waals surface area contributed by atoms with E-state index in [9.17, 15) is 9.59 Å². The molecule has 0 saturated carbocycles. The summed E-state index contributed by atoms with van der Waals surface area (Å²) in [6.45, 7) is 1.95. The van der Waals surface area contributed by atoms with E-state index in [-0.39, 0.29) is 17.5 Å². The van der Waals surface area contributed by atoms with Gasteiger partial charge in [-0.25, -0.2) is 0 Å². The lowest BCUT2D eigenvalue weighted by atomic mass is 10.1. The van der Waals surface area contributed by atoms with Crippen molar-refractivity contribution in [2.45, 2.75) is 6.92 Å². The molecule has 0 spiro atoms. The lowest BCUT2D eigenvalue weighted by molar-refractivity contribution is -0.111. The molecule has 5 heteroatoms. The van der Waals surface area contributed by atoms with Crippen LogP contribution in [0.5, 0.6) is 0 Å². The van der Waals surface area contributed by atoms with Gasteiger partial charge in [-0.2, -0.15) is 0 Å². The number of nitrogens with one attached hydrogen (secondary N) is 1. The van der Waals surface area contributed by atoms with Gasteiger partial charge < -0.3 is 9.73 Å². The third-order valence-electron chi connectivity index (χ3n) is 4.68. The Hall–Kier alpha value is -3.63. The van der Waals surface area contributed by atoms with E-state index in [2.05, 4.69) is 5.32 Å². The van der Waals surface area contributed by atoms with Gasteiger partial charge in [0.05, 0.1) is 5.69 Å². The van der Waals surface area contributed by atoms with Gasteiger partial charge in [0, 0.05) is 22.0 Å². The zero-order valence-electron chi connectivity index (χ0n) is 16.2. The highest BCUT2D eigenvalue weighted by Crippen LogP contribution is 2.32. The smallest absolute Gasteiger partial charge is 0.248 e. The maximum Gasteiger partial charge on any atom is 0.248 e. The van der Waals surface area contributed by atoms with Crippen molar-refractivity contribution in [3.05, 3.63) is 106 Å². The standard InChI is InChI=1S/C25H18ClNO3/c1-16-10-12-18(13-11-16)24(29)25-23(19-7-3-5-9-21(19)30-25)27-22(28)15-14-17-6-2-4-8-20(17)26/h2-15H,1H3,(H,27,28)/b15-14+. The Balaban J connectivity index is 1.68. The van der Waals surface area contributed by atoms with E-state index in [0.717, 1.165) is 11.1 Å². The van der Waals surface area contributed by atoms with Crippen molar-refractivity contribution in [2.24, 2.45) is 0 Å². The molecule has 3 aromatic carbocycles. The second-order valence-electron chi connectivity index (χ2n) is 6.84. The number of amides is 1. The number of furan rings is 1. The molecule has 0 radical (unpaired) electrons. The average molecular weight is 416 g/mol. The first kappa shape index (κ1) is 19.7. The molecule has 1 N–H and O–H groups in total. The van der Waals surface area contributed by atoms with Gasteiger partial charge in [0.2, 0.25) is 11.7 Å². The number of benzene rings is 3. The molecule has 30 heavy (non-hydrogen) atoms. The molecule has 0 aliphatic carbocycles. The molecule has 4 aromatic rings. The summed E-state index contributed by atoms with van der Waals surface area (Å²) in [5.41, 5.74) is 3.14. The molecule has 4 nitrogen and oxygen atoms in total. The number of ketones is 1. The van der Waals surface area contributed by atoms with Crippen molar-refractivity contribution in [1.82, 2.24) is 0 Å². The number of carbonyl (C=O) groups is 2. The summed E-state index contributed by atoms with van der Waals surface area (Å²) in [5.74, 6) is -0.587. The summed E-state index contributed by atoms with van der Waals surface area (Å²) >= 11 is 6.13. The number of fused-ring (bicyclic) bond motifs is 1. The maximum atomic E-state index is 13.1. The van der Waals surface area contributed by atoms with Crippen molar-refractivity contribution >= 4 is 46.0 Å². The zero-order chi connectivity index (χ0) is 21.1. The van der Waals surface area contributed by atoms with Crippen molar-refractivity contribution in [3.8, 4) is 0 Å². The SMILES string of the molecule is Cc1ccc(C(=O)c2oc3ccccc3c2NC(=O)/C=C/c2ccccc2Cl)cc1. The van der Waals surface area contributed by atoms with E-state index in [1.807, 2.05) is 49.4 Å². The molecule has 0 aliphatic rings. The molecule has 4 rings (SSSR count). The number of para-hydroxylation sites is 1. The molecular formula is C25H18ClNO3. The number of carbonyl (C=O) groups excluding carboxylic acids is 2. The third kappa shape index (κ3) is 4.04. The minimum Gasteiger partial charge on any atom is -0.450 e. The van der Waals surface area contributed by atoms with Crippen LogP contribution in [0, 0.1) is 6.92 Å². The predicted octanol–water partition coefficient (Wildman–Crippen LogP) is 6.28. The van der Waals surface area contributed by atoms with Crippen LogP contribution in [0.3, 0.4) is 0 Å². The molecule has 0 bridgehead atoms. The van der Waals surface area contributed by atoms with Crippen LogP contribution >= 0.6 is 11.6 Å². The fourth-order valence-corrected chi connectivity index (χ4v) is 3.30. The van der Waals surface area contributed by atoms with Gasteiger partial charge in [-0.05, 0) is 36.8 Å². The molecule has 0 atom stereocenters. The fourth-order valence-electron chi connectivity index (χ4n) is 3.11. The van der Waals surface area contributed by atoms with Crippen LogP contribution in [-0.4, -0.2) is 11.7 Å². The summed E-state index contributed by atoms with van der Waals surface area (Å²) < 4.78 is 5.82. The van der Waals surface area contributed by atoms with E-state index in [0.29, 0.717) is 27.2 Å². The van der Waals surface area contributed by atoms with Crippen molar-refractivity contribution in [2.75, 3.05) is 5.32 Å². The van der Waals surface area contributed by atoms with E-state index < -0.39 is 0 Å². The Bertz CT molecular complexity index is 1270. The van der Waals surface area contributed by atoms with E-state index in [1.54, 1.807) is 36.4 Å². The first-order chi connectivity index (χ1) is 14.5. The number of anilines is 1. The molecular weight excluding hydrogens is 398 g/mol. The Morgan fingerprint density at radius 1 is 0.933 bits per heavy atom. The monoisotopic (exact) mass is 415 g/mol. The Labute approximate surface area is 178 Å². The quantitative estimate of drug-likeness (QED) is 0.308. The zero-order valence-corrected chi connectivity index (χ0v) is 16.9. The highest BCUT2D eigenvalue weighted by atomic mass is 35.5. The average Bonchev–Trinajstić information content (AvgIpc) is 3.11. The molecule has 1 heterocycles. The Morgan fingerprint density at radius 3 is 2.40 bits per heavy atom. The normalized spacial score (nSPS) is 11.1. The summed E-state index contributed by atoms with van der Waals surface area (Å²) in [6.07, 6.45) is 3.00. The first-order valence-corrected chi connectivity index (χ1v) is 9.77. The molecule has 1 amide bonds. The van der Waals surface area contributed by atoms with Crippen LogP contribution in [0.4, 0.5) is 5.69 Å². The summed E-state index contributed by atoms with van der Waals surface area (Å²) in [7, 11) is 0. The molecule has 0 unspecified atom stereocenters. The van der Waals surface area contributed by atoms with E-state index in [1.165, 1.54) is 6.08 Å². The maximum absolute atomic E-state index is 13.1. The second kappa shape index (κ2) is 8.39. The van der Waals surface area contributed by atoms with Crippen LogP contribution in [0.15, 0.2) is 83.3 Å². The van der Waals surface area contributed by atoms with Crippen LogP contribution in [0.2, 0.25) is 5.02 Å². The van der Waals surface area contributed by atoms with Gasteiger partial charge in [0.25, 0.3) is 0 Å². The number of halogens is 1.